The molecular formula is C17H25N3O2S. The number of fused-ring (bicyclic) bond motifs is 1. The Morgan fingerprint density at radius 2 is 1.78 bits per heavy atom. The van der Waals surface area contributed by atoms with Gasteiger partial charge in [0, 0.05) is 18.0 Å². The lowest BCUT2D eigenvalue weighted by Gasteiger charge is -2.22. The Morgan fingerprint density at radius 3 is 2.35 bits per heavy atom. The Hall–Kier alpha value is -1.69. The van der Waals surface area contributed by atoms with Gasteiger partial charge in [0.2, 0.25) is 5.91 Å². The minimum Gasteiger partial charge on any atom is -0.341 e. The molecule has 0 atom stereocenters. The van der Waals surface area contributed by atoms with E-state index in [1.165, 1.54) is 15.9 Å². The Labute approximate surface area is 140 Å². The van der Waals surface area contributed by atoms with Crippen molar-refractivity contribution in [3.05, 3.63) is 26.6 Å². The van der Waals surface area contributed by atoms with E-state index in [0.29, 0.717) is 11.2 Å². The van der Waals surface area contributed by atoms with E-state index in [9.17, 15) is 9.59 Å². The number of thiophene rings is 1. The van der Waals surface area contributed by atoms with Crippen LogP contribution in [0.2, 0.25) is 0 Å². The van der Waals surface area contributed by atoms with Crippen molar-refractivity contribution >= 4 is 27.5 Å². The molecule has 0 bridgehead atoms. The zero-order valence-electron chi connectivity index (χ0n) is 14.6. The fourth-order valence-corrected chi connectivity index (χ4v) is 3.82. The molecule has 0 fully saturated rings. The van der Waals surface area contributed by atoms with Gasteiger partial charge in [-0.2, -0.15) is 0 Å². The summed E-state index contributed by atoms with van der Waals surface area (Å²) in [7, 11) is 0. The summed E-state index contributed by atoms with van der Waals surface area (Å²) in [6.45, 7) is 11.4. The lowest BCUT2D eigenvalue weighted by atomic mass is 10.2. The first-order valence-electron chi connectivity index (χ1n) is 8.15. The van der Waals surface area contributed by atoms with Crippen LogP contribution in [0.3, 0.4) is 0 Å². The van der Waals surface area contributed by atoms with Crippen LogP contribution in [0.15, 0.2) is 4.79 Å². The maximum atomic E-state index is 12.8. The highest BCUT2D eigenvalue weighted by Crippen LogP contribution is 2.26. The second kappa shape index (κ2) is 7.25. The van der Waals surface area contributed by atoms with Crippen molar-refractivity contribution in [2.24, 2.45) is 0 Å². The normalized spacial score (nSPS) is 11.2. The number of rotatable bonds is 6. The van der Waals surface area contributed by atoms with E-state index in [1.807, 2.05) is 18.7 Å². The third-order valence-corrected chi connectivity index (χ3v) is 5.21. The minimum absolute atomic E-state index is 0.00958. The topological polar surface area (TPSA) is 55.2 Å². The van der Waals surface area contributed by atoms with Crippen LogP contribution in [0, 0.1) is 20.8 Å². The molecular weight excluding hydrogens is 310 g/mol. The first-order chi connectivity index (χ1) is 10.9. The van der Waals surface area contributed by atoms with Crippen molar-refractivity contribution in [1.82, 2.24) is 14.5 Å². The number of carbonyl (C=O) groups is 1. The summed E-state index contributed by atoms with van der Waals surface area (Å²) in [5, 5.41) is 0.656. The van der Waals surface area contributed by atoms with Crippen molar-refractivity contribution in [1.29, 1.82) is 0 Å². The lowest BCUT2D eigenvalue weighted by Crippen LogP contribution is -2.38. The summed E-state index contributed by atoms with van der Waals surface area (Å²) in [5.74, 6) is 0.592. The fraction of sp³-hybridized carbons (Fsp3) is 0.588. The lowest BCUT2D eigenvalue weighted by molar-refractivity contribution is -0.132. The molecule has 23 heavy (non-hydrogen) atoms. The molecule has 0 saturated heterocycles. The summed E-state index contributed by atoms with van der Waals surface area (Å²) in [4.78, 5) is 33.6. The maximum absolute atomic E-state index is 12.8. The zero-order chi connectivity index (χ0) is 17.1. The molecule has 0 aromatic carbocycles. The highest BCUT2D eigenvalue weighted by atomic mass is 32.1. The summed E-state index contributed by atoms with van der Waals surface area (Å²) >= 11 is 1.54. The molecule has 5 nitrogen and oxygen atoms in total. The zero-order valence-corrected chi connectivity index (χ0v) is 15.4. The molecule has 2 aromatic heterocycles. The van der Waals surface area contributed by atoms with Gasteiger partial charge in [0.1, 0.15) is 17.2 Å². The highest BCUT2D eigenvalue weighted by Gasteiger charge is 2.18. The van der Waals surface area contributed by atoms with Crippen LogP contribution >= 0.6 is 11.3 Å². The fourth-order valence-electron chi connectivity index (χ4n) is 2.75. The molecule has 2 rings (SSSR count). The van der Waals surface area contributed by atoms with Crippen LogP contribution in [0.5, 0.6) is 0 Å². The number of carbonyl (C=O) groups excluding carboxylic acids is 1. The second-order valence-electron chi connectivity index (χ2n) is 5.89. The Bertz CT molecular complexity index is 770. The van der Waals surface area contributed by atoms with Crippen LogP contribution in [0.4, 0.5) is 0 Å². The average Bonchev–Trinajstić information content (AvgIpc) is 2.77. The molecule has 0 unspecified atom stereocenters. The van der Waals surface area contributed by atoms with Crippen molar-refractivity contribution in [3.8, 4) is 0 Å². The van der Waals surface area contributed by atoms with Crippen molar-refractivity contribution < 1.29 is 4.79 Å². The number of amides is 1. The van der Waals surface area contributed by atoms with Gasteiger partial charge in [-0.3, -0.25) is 14.2 Å². The van der Waals surface area contributed by atoms with Gasteiger partial charge in [-0.1, -0.05) is 13.8 Å². The van der Waals surface area contributed by atoms with Crippen LogP contribution in [-0.2, 0) is 11.3 Å². The number of aryl methyl sites for hydroxylation is 3. The first-order valence-corrected chi connectivity index (χ1v) is 8.97. The predicted molar refractivity (Wildman–Crippen MR) is 95.3 cm³/mol. The van der Waals surface area contributed by atoms with Gasteiger partial charge >= 0.3 is 0 Å². The summed E-state index contributed by atoms with van der Waals surface area (Å²) in [6.07, 6.45) is 1.83. The average molecular weight is 335 g/mol. The van der Waals surface area contributed by atoms with Gasteiger partial charge < -0.3 is 4.90 Å². The minimum atomic E-state index is -0.101. The number of hydrogen-bond donors (Lipinski definition) is 0. The van der Waals surface area contributed by atoms with Crippen LogP contribution in [0.25, 0.3) is 10.2 Å². The van der Waals surface area contributed by atoms with E-state index in [-0.39, 0.29) is 18.0 Å². The molecule has 2 aromatic rings. The van der Waals surface area contributed by atoms with E-state index >= 15 is 0 Å². The molecule has 0 aliphatic heterocycles. The highest BCUT2D eigenvalue weighted by molar-refractivity contribution is 7.18. The van der Waals surface area contributed by atoms with E-state index in [1.54, 1.807) is 6.92 Å². The molecule has 126 valence electrons. The van der Waals surface area contributed by atoms with Gasteiger partial charge in [0.05, 0.1) is 5.39 Å². The molecule has 0 aliphatic rings. The van der Waals surface area contributed by atoms with Gasteiger partial charge in [0.25, 0.3) is 5.56 Å². The van der Waals surface area contributed by atoms with E-state index in [2.05, 4.69) is 18.8 Å². The van der Waals surface area contributed by atoms with Crippen molar-refractivity contribution in [3.63, 3.8) is 0 Å². The van der Waals surface area contributed by atoms with Gasteiger partial charge in [-0.25, -0.2) is 4.98 Å². The molecule has 0 N–H and O–H groups in total. The maximum Gasteiger partial charge on any atom is 0.263 e. The monoisotopic (exact) mass is 335 g/mol. The van der Waals surface area contributed by atoms with Gasteiger partial charge in [-0.05, 0) is 39.2 Å². The summed E-state index contributed by atoms with van der Waals surface area (Å²) in [6, 6.07) is 0. The number of hydrogen-bond acceptors (Lipinski definition) is 4. The molecule has 1 amide bonds. The van der Waals surface area contributed by atoms with E-state index in [4.69, 9.17) is 0 Å². The van der Waals surface area contributed by atoms with Crippen LogP contribution in [0.1, 0.15) is 43.0 Å². The predicted octanol–water partition coefficient (Wildman–Crippen LogP) is 3.03. The third-order valence-electron chi connectivity index (χ3n) is 4.11. The summed E-state index contributed by atoms with van der Waals surface area (Å²) in [5.41, 5.74) is 0.873. The SMILES string of the molecule is CCCN(CCC)C(=O)Cn1c(C)nc2sc(C)c(C)c2c1=O. The van der Waals surface area contributed by atoms with Crippen molar-refractivity contribution in [2.45, 2.75) is 54.0 Å². The van der Waals surface area contributed by atoms with Crippen molar-refractivity contribution in [2.75, 3.05) is 13.1 Å². The van der Waals surface area contributed by atoms with E-state index < -0.39 is 0 Å². The first kappa shape index (κ1) is 17.7. The summed E-state index contributed by atoms with van der Waals surface area (Å²) < 4.78 is 1.52. The van der Waals surface area contributed by atoms with Gasteiger partial charge in [-0.15, -0.1) is 11.3 Å². The number of aromatic nitrogens is 2. The molecule has 2 heterocycles. The molecule has 0 saturated carbocycles. The van der Waals surface area contributed by atoms with Crippen LogP contribution in [-0.4, -0.2) is 33.4 Å². The molecule has 0 aliphatic carbocycles. The largest absolute Gasteiger partial charge is 0.341 e. The second-order valence-corrected chi connectivity index (χ2v) is 7.10. The van der Waals surface area contributed by atoms with E-state index in [0.717, 1.165) is 41.2 Å². The van der Waals surface area contributed by atoms with Crippen LogP contribution < -0.4 is 5.56 Å². The quantitative estimate of drug-likeness (QED) is 0.815. The molecule has 6 heteroatoms. The molecule has 0 spiro atoms. The van der Waals surface area contributed by atoms with Gasteiger partial charge in [0.15, 0.2) is 0 Å². The Kier molecular flexibility index (Phi) is 5.57. The third kappa shape index (κ3) is 3.47. The smallest absolute Gasteiger partial charge is 0.263 e. The Morgan fingerprint density at radius 1 is 1.17 bits per heavy atom. The number of nitrogens with zero attached hydrogens (tertiary/aromatic N) is 3. The standard InChI is InChI=1S/C17H25N3O2S/c1-6-8-19(9-7-2)14(21)10-20-13(5)18-16-15(17(20)22)11(3)12(4)23-16/h6-10H2,1-5H3. The Balaban J connectivity index is 2.41. The molecule has 0 radical (unpaired) electrons.